The molecule has 0 saturated heterocycles. The van der Waals surface area contributed by atoms with E-state index in [9.17, 15) is 9.59 Å². The summed E-state index contributed by atoms with van der Waals surface area (Å²) in [7, 11) is 3.03. The molecule has 7 nitrogen and oxygen atoms in total. The lowest BCUT2D eigenvalue weighted by Gasteiger charge is -2.28. The summed E-state index contributed by atoms with van der Waals surface area (Å²) < 4.78 is 4.85. The fourth-order valence-corrected chi connectivity index (χ4v) is 2.23. The van der Waals surface area contributed by atoms with Gasteiger partial charge in [-0.15, -0.1) is 0 Å². The Bertz CT molecular complexity index is 545. The molecule has 2 rings (SSSR count). The Labute approximate surface area is 117 Å². The third kappa shape index (κ3) is 2.72. The molecule has 20 heavy (non-hydrogen) atoms. The predicted molar refractivity (Wildman–Crippen MR) is 73.0 cm³/mol. The van der Waals surface area contributed by atoms with Crippen LogP contribution in [0.15, 0.2) is 6.07 Å². The van der Waals surface area contributed by atoms with Gasteiger partial charge in [0.1, 0.15) is 12.4 Å². The van der Waals surface area contributed by atoms with Gasteiger partial charge < -0.3 is 20.7 Å². The molecule has 1 aliphatic heterocycles. The van der Waals surface area contributed by atoms with Crippen LogP contribution in [0.2, 0.25) is 0 Å². The van der Waals surface area contributed by atoms with Crippen molar-refractivity contribution >= 4 is 17.6 Å². The second kappa shape index (κ2) is 5.87. The highest BCUT2D eigenvalue weighted by Gasteiger charge is 2.23. The van der Waals surface area contributed by atoms with Crippen LogP contribution in [-0.4, -0.2) is 49.0 Å². The van der Waals surface area contributed by atoms with Crippen molar-refractivity contribution in [2.24, 2.45) is 0 Å². The first-order chi connectivity index (χ1) is 9.56. The topological polar surface area (TPSA) is 97.5 Å². The average Bonchev–Trinajstić information content (AvgIpc) is 2.45. The number of rotatable bonds is 3. The molecule has 1 aromatic rings. The van der Waals surface area contributed by atoms with E-state index in [-0.39, 0.29) is 24.2 Å². The number of carbonyl (C=O) groups is 2. The van der Waals surface area contributed by atoms with E-state index >= 15 is 0 Å². The number of hydrogen-bond donors (Lipinski definition) is 2. The second-order valence-electron chi connectivity index (χ2n) is 4.60. The Balaban J connectivity index is 2.26. The van der Waals surface area contributed by atoms with Gasteiger partial charge in [-0.1, -0.05) is 0 Å². The number of ether oxygens (including phenoxy) is 1. The highest BCUT2D eigenvalue weighted by Crippen LogP contribution is 2.22. The summed E-state index contributed by atoms with van der Waals surface area (Å²) in [4.78, 5) is 29.5. The molecule has 2 amide bonds. The molecule has 0 fully saturated rings. The third-order valence-electron chi connectivity index (χ3n) is 3.29. The smallest absolute Gasteiger partial charge is 0.254 e. The van der Waals surface area contributed by atoms with E-state index in [0.29, 0.717) is 25.1 Å². The van der Waals surface area contributed by atoms with Gasteiger partial charge in [-0.05, 0) is 11.6 Å². The summed E-state index contributed by atoms with van der Waals surface area (Å²) in [6, 6.07) is 1.71. The maximum absolute atomic E-state index is 11.8. The fourth-order valence-electron chi connectivity index (χ4n) is 2.23. The molecule has 0 radical (unpaired) electrons. The van der Waals surface area contributed by atoms with Crippen molar-refractivity contribution in [2.45, 2.75) is 13.0 Å². The Hall–Kier alpha value is -2.15. The molecular formula is C13H18N4O3. The number of carbonyl (C=O) groups excluding carboxylic acids is 2. The van der Waals surface area contributed by atoms with E-state index in [0.717, 1.165) is 11.3 Å². The molecule has 1 aliphatic rings. The predicted octanol–water partition coefficient (Wildman–Crippen LogP) is -0.445. The zero-order valence-electron chi connectivity index (χ0n) is 11.6. The van der Waals surface area contributed by atoms with Crippen molar-refractivity contribution in [1.29, 1.82) is 0 Å². The fraction of sp³-hybridized carbons (Fsp3) is 0.462. The lowest BCUT2D eigenvalue weighted by atomic mass is 10.0. The Kier molecular flexibility index (Phi) is 4.19. The van der Waals surface area contributed by atoms with Crippen molar-refractivity contribution in [2.75, 3.05) is 33.0 Å². The number of anilines is 1. The molecule has 0 aliphatic carbocycles. The van der Waals surface area contributed by atoms with Crippen LogP contribution in [0.5, 0.6) is 0 Å². The molecule has 0 spiro atoms. The number of methoxy groups -OCH3 is 1. The van der Waals surface area contributed by atoms with Crippen molar-refractivity contribution in [3.8, 4) is 0 Å². The molecule has 3 N–H and O–H groups in total. The minimum atomic E-state index is -0.279. The molecule has 1 aromatic heterocycles. The summed E-state index contributed by atoms with van der Waals surface area (Å²) in [5.74, 6) is -0.130. The summed E-state index contributed by atoms with van der Waals surface area (Å²) in [6.45, 7) is 1.07. The van der Waals surface area contributed by atoms with Crippen molar-refractivity contribution in [3.63, 3.8) is 0 Å². The highest BCUT2D eigenvalue weighted by molar-refractivity contribution is 5.98. The standard InChI is InChI=1S/C13H18N4O3/c1-15-13(19)9-5-8-6-17(11(18)7-20-2)4-3-10(8)16-12(9)14/h5H,3-4,6-7H2,1-2H3,(H2,14,16)(H,15,19). The van der Waals surface area contributed by atoms with Crippen LogP contribution in [-0.2, 0) is 22.5 Å². The zero-order valence-corrected chi connectivity index (χ0v) is 11.6. The Morgan fingerprint density at radius 2 is 2.30 bits per heavy atom. The van der Waals surface area contributed by atoms with Gasteiger partial charge in [0.25, 0.3) is 5.91 Å². The lowest BCUT2D eigenvalue weighted by Crippen LogP contribution is -2.38. The van der Waals surface area contributed by atoms with Gasteiger partial charge >= 0.3 is 0 Å². The minimum absolute atomic E-state index is 0.0556. The summed E-state index contributed by atoms with van der Waals surface area (Å²) in [6.07, 6.45) is 0.628. The quantitative estimate of drug-likeness (QED) is 0.780. The molecule has 0 aromatic carbocycles. The van der Waals surface area contributed by atoms with Gasteiger partial charge in [0.2, 0.25) is 5.91 Å². The molecule has 7 heteroatoms. The van der Waals surface area contributed by atoms with E-state index in [2.05, 4.69) is 10.3 Å². The Morgan fingerprint density at radius 3 is 2.95 bits per heavy atom. The van der Waals surface area contributed by atoms with Crippen LogP contribution in [0.3, 0.4) is 0 Å². The molecule has 108 valence electrons. The van der Waals surface area contributed by atoms with Crippen LogP contribution < -0.4 is 11.1 Å². The first-order valence-electron chi connectivity index (χ1n) is 6.34. The number of pyridine rings is 1. The van der Waals surface area contributed by atoms with Gasteiger partial charge in [-0.2, -0.15) is 0 Å². The van der Waals surface area contributed by atoms with Gasteiger partial charge in [-0.25, -0.2) is 4.98 Å². The van der Waals surface area contributed by atoms with Gasteiger partial charge in [0, 0.05) is 39.4 Å². The Morgan fingerprint density at radius 1 is 1.55 bits per heavy atom. The van der Waals surface area contributed by atoms with Crippen LogP contribution in [0.25, 0.3) is 0 Å². The highest BCUT2D eigenvalue weighted by atomic mass is 16.5. The molecule has 2 heterocycles. The first kappa shape index (κ1) is 14.3. The summed E-state index contributed by atoms with van der Waals surface area (Å²) >= 11 is 0. The van der Waals surface area contributed by atoms with Crippen LogP contribution in [0, 0.1) is 0 Å². The first-order valence-corrected chi connectivity index (χ1v) is 6.34. The maximum Gasteiger partial charge on any atom is 0.254 e. The third-order valence-corrected chi connectivity index (χ3v) is 3.29. The van der Waals surface area contributed by atoms with Gasteiger partial charge in [0.05, 0.1) is 5.56 Å². The van der Waals surface area contributed by atoms with E-state index in [4.69, 9.17) is 10.5 Å². The largest absolute Gasteiger partial charge is 0.383 e. The van der Waals surface area contributed by atoms with Crippen LogP contribution in [0.1, 0.15) is 21.6 Å². The number of amides is 2. The zero-order chi connectivity index (χ0) is 14.7. The van der Waals surface area contributed by atoms with Crippen LogP contribution in [0.4, 0.5) is 5.82 Å². The van der Waals surface area contributed by atoms with E-state index in [1.165, 1.54) is 14.2 Å². The number of hydrogen-bond acceptors (Lipinski definition) is 5. The molecule has 0 unspecified atom stereocenters. The minimum Gasteiger partial charge on any atom is -0.383 e. The monoisotopic (exact) mass is 278 g/mol. The van der Waals surface area contributed by atoms with Crippen molar-refractivity contribution in [3.05, 3.63) is 22.9 Å². The number of nitrogens with zero attached hydrogens (tertiary/aromatic N) is 2. The van der Waals surface area contributed by atoms with E-state index in [1.54, 1.807) is 11.0 Å². The maximum atomic E-state index is 11.8. The molecule has 0 saturated carbocycles. The van der Waals surface area contributed by atoms with E-state index in [1.807, 2.05) is 0 Å². The lowest BCUT2D eigenvalue weighted by molar-refractivity contribution is -0.136. The SMILES string of the molecule is CNC(=O)c1cc2c(nc1N)CCN(C(=O)COC)C2. The van der Waals surface area contributed by atoms with Crippen molar-refractivity contribution < 1.29 is 14.3 Å². The number of nitrogen functional groups attached to an aromatic ring is 1. The average molecular weight is 278 g/mol. The normalized spacial score (nSPS) is 13.8. The summed E-state index contributed by atoms with van der Waals surface area (Å²) in [5.41, 5.74) is 7.83. The van der Waals surface area contributed by atoms with Gasteiger partial charge in [0.15, 0.2) is 0 Å². The number of nitrogens with two attached hydrogens (primary N) is 1. The molecular weight excluding hydrogens is 260 g/mol. The van der Waals surface area contributed by atoms with Gasteiger partial charge in [-0.3, -0.25) is 9.59 Å². The van der Waals surface area contributed by atoms with Crippen LogP contribution >= 0.6 is 0 Å². The molecule has 0 bridgehead atoms. The number of fused-ring (bicyclic) bond motifs is 1. The summed E-state index contributed by atoms with van der Waals surface area (Å²) in [5, 5.41) is 2.52. The molecule has 0 atom stereocenters. The van der Waals surface area contributed by atoms with E-state index < -0.39 is 0 Å². The number of nitrogens with one attached hydrogen (secondary N) is 1. The number of aromatic nitrogens is 1. The second-order valence-corrected chi connectivity index (χ2v) is 4.60. The van der Waals surface area contributed by atoms with Crippen molar-refractivity contribution in [1.82, 2.24) is 15.2 Å².